The molecule has 4 nitrogen and oxygen atoms in total. The van der Waals surface area contributed by atoms with Crippen molar-refractivity contribution in [1.82, 2.24) is 4.98 Å². The number of pyridine rings is 1. The highest BCUT2D eigenvalue weighted by molar-refractivity contribution is 6.04. The number of carbonyl (C=O) groups is 1. The van der Waals surface area contributed by atoms with Gasteiger partial charge in [-0.05, 0) is 37.3 Å². The molecular formula is C20H18N2O2. The third-order valence-electron chi connectivity index (χ3n) is 3.58. The molecule has 4 heteroatoms. The summed E-state index contributed by atoms with van der Waals surface area (Å²) in [5.41, 5.74) is 2.58. The molecule has 0 unspecified atom stereocenters. The van der Waals surface area contributed by atoms with E-state index >= 15 is 0 Å². The fraction of sp³-hybridized carbons (Fsp3) is 0.100. The summed E-state index contributed by atoms with van der Waals surface area (Å²) in [5, 5.41) is 2.80. The Morgan fingerprint density at radius 3 is 2.50 bits per heavy atom. The average molecular weight is 318 g/mol. The first-order valence-corrected chi connectivity index (χ1v) is 7.72. The van der Waals surface area contributed by atoms with Crippen LogP contribution < -0.4 is 10.1 Å². The van der Waals surface area contributed by atoms with Crippen molar-refractivity contribution in [3.8, 4) is 5.75 Å². The van der Waals surface area contributed by atoms with Crippen LogP contribution >= 0.6 is 0 Å². The van der Waals surface area contributed by atoms with E-state index in [1.165, 1.54) is 5.56 Å². The number of ether oxygens (including phenoxy) is 1. The molecule has 0 aliphatic carbocycles. The van der Waals surface area contributed by atoms with Gasteiger partial charge >= 0.3 is 0 Å². The topological polar surface area (TPSA) is 51.2 Å². The molecule has 0 aliphatic rings. The van der Waals surface area contributed by atoms with Crippen LogP contribution in [0, 0.1) is 6.92 Å². The molecule has 0 saturated heterocycles. The van der Waals surface area contributed by atoms with Crippen molar-refractivity contribution in [2.45, 2.75) is 13.5 Å². The number of rotatable bonds is 5. The number of hydrogen-bond acceptors (Lipinski definition) is 3. The van der Waals surface area contributed by atoms with Crippen molar-refractivity contribution in [3.63, 3.8) is 0 Å². The second-order valence-electron chi connectivity index (χ2n) is 5.43. The van der Waals surface area contributed by atoms with E-state index in [1.807, 2.05) is 55.5 Å². The maximum Gasteiger partial charge on any atom is 0.257 e. The van der Waals surface area contributed by atoms with Gasteiger partial charge in [0.25, 0.3) is 5.91 Å². The highest BCUT2D eigenvalue weighted by Crippen LogP contribution is 2.17. The summed E-state index contributed by atoms with van der Waals surface area (Å²) in [7, 11) is 0. The van der Waals surface area contributed by atoms with Crippen LogP contribution in [0.5, 0.6) is 5.75 Å². The predicted molar refractivity (Wildman–Crippen MR) is 94.1 cm³/mol. The predicted octanol–water partition coefficient (Wildman–Crippen LogP) is 4.22. The molecule has 120 valence electrons. The maximum atomic E-state index is 12.5. The molecule has 0 saturated carbocycles. The minimum absolute atomic E-state index is 0.197. The summed E-state index contributed by atoms with van der Waals surface area (Å²) in [6.45, 7) is 2.36. The van der Waals surface area contributed by atoms with Crippen molar-refractivity contribution in [2.75, 3.05) is 5.32 Å². The Morgan fingerprint density at radius 1 is 1.00 bits per heavy atom. The molecule has 1 heterocycles. The number of hydrogen-bond donors (Lipinski definition) is 1. The second kappa shape index (κ2) is 7.42. The number of amides is 1. The largest absolute Gasteiger partial charge is 0.489 e. The van der Waals surface area contributed by atoms with Gasteiger partial charge in [-0.1, -0.05) is 42.0 Å². The molecule has 0 spiro atoms. The highest BCUT2D eigenvalue weighted by atomic mass is 16.5. The molecule has 1 aromatic heterocycles. The van der Waals surface area contributed by atoms with Crippen molar-refractivity contribution in [3.05, 3.63) is 89.6 Å². The van der Waals surface area contributed by atoms with Crippen LogP contribution in [0.15, 0.2) is 72.9 Å². The fourth-order valence-electron chi connectivity index (χ4n) is 2.28. The van der Waals surface area contributed by atoms with Crippen molar-refractivity contribution in [1.29, 1.82) is 0 Å². The van der Waals surface area contributed by atoms with E-state index < -0.39 is 0 Å². The van der Waals surface area contributed by atoms with Gasteiger partial charge in [-0.2, -0.15) is 0 Å². The Bertz CT molecular complexity index is 815. The third-order valence-corrected chi connectivity index (χ3v) is 3.58. The van der Waals surface area contributed by atoms with E-state index in [0.29, 0.717) is 18.0 Å². The Hall–Kier alpha value is -3.14. The minimum Gasteiger partial charge on any atom is -0.489 e. The monoisotopic (exact) mass is 318 g/mol. The van der Waals surface area contributed by atoms with Crippen LogP contribution in [-0.4, -0.2) is 10.9 Å². The maximum absolute atomic E-state index is 12.5. The molecule has 2 aromatic carbocycles. The first-order chi connectivity index (χ1) is 11.7. The Morgan fingerprint density at radius 2 is 1.75 bits per heavy atom. The van der Waals surface area contributed by atoms with E-state index in [9.17, 15) is 4.79 Å². The van der Waals surface area contributed by atoms with Crippen LogP contribution in [0.25, 0.3) is 0 Å². The van der Waals surface area contributed by atoms with Crippen LogP contribution in [0.1, 0.15) is 21.5 Å². The number of nitrogens with one attached hydrogen (secondary N) is 1. The van der Waals surface area contributed by atoms with Gasteiger partial charge in [0, 0.05) is 17.3 Å². The molecule has 0 fully saturated rings. The Kier molecular flexibility index (Phi) is 4.87. The van der Waals surface area contributed by atoms with Gasteiger partial charge in [0.2, 0.25) is 0 Å². The molecule has 0 radical (unpaired) electrons. The first-order valence-electron chi connectivity index (χ1n) is 7.72. The van der Waals surface area contributed by atoms with Gasteiger partial charge in [-0.3, -0.25) is 4.79 Å². The standard InChI is InChI=1S/C20H18N2O2/c1-15-9-11-17(12-10-15)24-14-16-6-2-3-7-18(16)20(23)22-19-8-4-5-13-21-19/h2-13H,14H2,1H3,(H,21,22,23). The summed E-state index contributed by atoms with van der Waals surface area (Å²) in [5.74, 6) is 1.11. The van der Waals surface area contributed by atoms with Gasteiger partial charge in [0.15, 0.2) is 0 Å². The van der Waals surface area contributed by atoms with Crippen molar-refractivity contribution < 1.29 is 9.53 Å². The number of carbonyl (C=O) groups excluding carboxylic acids is 1. The third kappa shape index (κ3) is 3.98. The van der Waals surface area contributed by atoms with E-state index in [-0.39, 0.29) is 5.91 Å². The quantitative estimate of drug-likeness (QED) is 0.766. The molecule has 0 atom stereocenters. The summed E-state index contributed by atoms with van der Waals surface area (Å²) in [6.07, 6.45) is 1.64. The normalized spacial score (nSPS) is 10.2. The molecule has 3 rings (SSSR count). The molecule has 1 N–H and O–H groups in total. The van der Waals surface area contributed by atoms with E-state index in [0.717, 1.165) is 11.3 Å². The van der Waals surface area contributed by atoms with Gasteiger partial charge in [-0.15, -0.1) is 0 Å². The first kappa shape index (κ1) is 15.7. The van der Waals surface area contributed by atoms with E-state index in [1.54, 1.807) is 24.4 Å². The van der Waals surface area contributed by atoms with Crippen LogP contribution in [-0.2, 0) is 6.61 Å². The minimum atomic E-state index is -0.197. The molecular weight excluding hydrogens is 300 g/mol. The van der Waals surface area contributed by atoms with Crippen molar-refractivity contribution in [2.24, 2.45) is 0 Å². The molecule has 1 amide bonds. The number of nitrogens with zero attached hydrogens (tertiary/aromatic N) is 1. The number of aryl methyl sites for hydroxylation is 1. The SMILES string of the molecule is Cc1ccc(OCc2ccccc2C(=O)Nc2ccccn2)cc1. The molecule has 0 bridgehead atoms. The zero-order valence-corrected chi connectivity index (χ0v) is 13.4. The van der Waals surface area contributed by atoms with Gasteiger partial charge < -0.3 is 10.1 Å². The molecule has 0 aliphatic heterocycles. The summed E-state index contributed by atoms with van der Waals surface area (Å²) >= 11 is 0. The lowest BCUT2D eigenvalue weighted by Gasteiger charge is -2.11. The Balaban J connectivity index is 1.72. The summed E-state index contributed by atoms with van der Waals surface area (Å²) < 4.78 is 5.79. The summed E-state index contributed by atoms with van der Waals surface area (Å²) in [6, 6.07) is 20.6. The van der Waals surface area contributed by atoms with E-state index in [4.69, 9.17) is 4.74 Å². The molecule has 24 heavy (non-hydrogen) atoms. The number of benzene rings is 2. The lowest BCUT2D eigenvalue weighted by atomic mass is 10.1. The van der Waals surface area contributed by atoms with Gasteiger partial charge in [-0.25, -0.2) is 4.98 Å². The van der Waals surface area contributed by atoms with Crippen LogP contribution in [0.2, 0.25) is 0 Å². The summed E-state index contributed by atoms with van der Waals surface area (Å²) in [4.78, 5) is 16.6. The van der Waals surface area contributed by atoms with Crippen LogP contribution in [0.3, 0.4) is 0 Å². The average Bonchev–Trinajstić information content (AvgIpc) is 2.62. The second-order valence-corrected chi connectivity index (χ2v) is 5.43. The Labute approximate surface area is 141 Å². The molecule has 3 aromatic rings. The number of anilines is 1. The lowest BCUT2D eigenvalue weighted by molar-refractivity contribution is 0.102. The van der Waals surface area contributed by atoms with Gasteiger partial charge in [0.1, 0.15) is 18.2 Å². The zero-order chi connectivity index (χ0) is 16.8. The van der Waals surface area contributed by atoms with Crippen LogP contribution in [0.4, 0.5) is 5.82 Å². The lowest BCUT2D eigenvalue weighted by Crippen LogP contribution is -2.15. The zero-order valence-electron chi connectivity index (χ0n) is 13.4. The smallest absolute Gasteiger partial charge is 0.257 e. The highest BCUT2D eigenvalue weighted by Gasteiger charge is 2.12. The van der Waals surface area contributed by atoms with Gasteiger partial charge in [0.05, 0.1) is 0 Å². The number of aromatic nitrogens is 1. The van der Waals surface area contributed by atoms with Crippen molar-refractivity contribution >= 4 is 11.7 Å². The fourth-order valence-corrected chi connectivity index (χ4v) is 2.28. The van der Waals surface area contributed by atoms with E-state index in [2.05, 4.69) is 10.3 Å².